The molecule has 3 rings (SSSR count). The minimum atomic E-state index is -0.450. The van der Waals surface area contributed by atoms with Gasteiger partial charge in [-0.3, -0.25) is 19.4 Å². The molecule has 2 fully saturated rings. The van der Waals surface area contributed by atoms with E-state index in [1.807, 2.05) is 16.7 Å². The van der Waals surface area contributed by atoms with Crippen molar-refractivity contribution in [2.75, 3.05) is 64.3 Å². The van der Waals surface area contributed by atoms with Crippen LogP contribution in [0.2, 0.25) is 5.02 Å². The van der Waals surface area contributed by atoms with Gasteiger partial charge in [-0.05, 0) is 25.1 Å². The van der Waals surface area contributed by atoms with Crippen LogP contribution in [0, 0.1) is 5.82 Å². The zero-order valence-electron chi connectivity index (χ0n) is 16.0. The zero-order chi connectivity index (χ0) is 20.1. The molecule has 1 N–H and O–H groups in total. The summed E-state index contributed by atoms with van der Waals surface area (Å²) in [5, 5.41) is 2.91. The largest absolute Gasteiger partial charge is 0.379 e. The normalized spacial score (nSPS) is 20.0. The Hall–Kier alpha value is -1.74. The Morgan fingerprint density at radius 1 is 1.18 bits per heavy atom. The van der Waals surface area contributed by atoms with E-state index in [2.05, 4.69) is 10.2 Å². The average molecular weight is 413 g/mol. The van der Waals surface area contributed by atoms with E-state index in [1.54, 1.807) is 0 Å². The maximum absolute atomic E-state index is 13.1. The molecular weight excluding hydrogens is 387 g/mol. The molecule has 0 aliphatic carbocycles. The highest BCUT2D eigenvalue weighted by atomic mass is 35.5. The summed E-state index contributed by atoms with van der Waals surface area (Å²) < 4.78 is 18.4. The smallest absolute Gasteiger partial charge is 0.241 e. The van der Waals surface area contributed by atoms with E-state index in [1.165, 1.54) is 18.2 Å². The quantitative estimate of drug-likeness (QED) is 0.789. The van der Waals surface area contributed by atoms with Crippen molar-refractivity contribution in [3.8, 4) is 0 Å². The molecule has 9 heteroatoms. The van der Waals surface area contributed by atoms with Crippen LogP contribution in [0.25, 0.3) is 0 Å². The molecule has 0 spiro atoms. The van der Waals surface area contributed by atoms with Crippen LogP contribution in [0.1, 0.15) is 6.92 Å². The van der Waals surface area contributed by atoms with Gasteiger partial charge in [0.2, 0.25) is 11.8 Å². The van der Waals surface area contributed by atoms with Crippen molar-refractivity contribution in [3.63, 3.8) is 0 Å². The number of benzene rings is 1. The SMILES string of the molecule is CC(C(=O)Nc1ccc(F)cc1Cl)N1CCN(C(=O)CN2CCOCC2)CC1. The summed E-state index contributed by atoms with van der Waals surface area (Å²) in [6.07, 6.45) is 0. The van der Waals surface area contributed by atoms with Gasteiger partial charge in [-0.15, -0.1) is 0 Å². The van der Waals surface area contributed by atoms with Crippen LogP contribution in [0.5, 0.6) is 0 Å². The van der Waals surface area contributed by atoms with Gasteiger partial charge < -0.3 is 15.0 Å². The van der Waals surface area contributed by atoms with Crippen molar-refractivity contribution in [2.24, 2.45) is 0 Å². The average Bonchev–Trinajstić information content (AvgIpc) is 2.70. The number of anilines is 1. The molecule has 2 saturated heterocycles. The van der Waals surface area contributed by atoms with Crippen LogP contribution in [0.3, 0.4) is 0 Å². The highest BCUT2D eigenvalue weighted by Crippen LogP contribution is 2.23. The van der Waals surface area contributed by atoms with Crippen LogP contribution in [0.15, 0.2) is 18.2 Å². The molecule has 0 bridgehead atoms. The van der Waals surface area contributed by atoms with Crippen LogP contribution >= 0.6 is 11.6 Å². The molecule has 28 heavy (non-hydrogen) atoms. The fourth-order valence-corrected chi connectivity index (χ4v) is 3.62. The lowest BCUT2D eigenvalue weighted by atomic mass is 10.2. The van der Waals surface area contributed by atoms with Gasteiger partial charge in [0.15, 0.2) is 0 Å². The van der Waals surface area contributed by atoms with E-state index in [4.69, 9.17) is 16.3 Å². The molecule has 1 unspecified atom stereocenters. The lowest BCUT2D eigenvalue weighted by Gasteiger charge is -2.38. The van der Waals surface area contributed by atoms with E-state index in [0.717, 1.165) is 13.1 Å². The van der Waals surface area contributed by atoms with E-state index >= 15 is 0 Å². The van der Waals surface area contributed by atoms with Gasteiger partial charge in [-0.25, -0.2) is 4.39 Å². The van der Waals surface area contributed by atoms with Crippen molar-refractivity contribution in [1.82, 2.24) is 14.7 Å². The van der Waals surface area contributed by atoms with E-state index < -0.39 is 5.82 Å². The lowest BCUT2D eigenvalue weighted by Crippen LogP contribution is -2.55. The maximum atomic E-state index is 13.1. The van der Waals surface area contributed by atoms with Crippen LogP contribution in [0.4, 0.5) is 10.1 Å². The molecule has 2 amide bonds. The number of carbonyl (C=O) groups excluding carboxylic acids is 2. The molecule has 1 aromatic carbocycles. The molecule has 2 aliphatic rings. The Balaban J connectivity index is 1.46. The number of nitrogens with one attached hydrogen (secondary N) is 1. The Bertz CT molecular complexity index is 706. The minimum Gasteiger partial charge on any atom is -0.379 e. The van der Waals surface area contributed by atoms with Gasteiger partial charge in [0.1, 0.15) is 5.82 Å². The third-order valence-corrected chi connectivity index (χ3v) is 5.56. The second-order valence-electron chi connectivity index (χ2n) is 7.09. The second-order valence-corrected chi connectivity index (χ2v) is 7.50. The monoisotopic (exact) mass is 412 g/mol. The standard InChI is InChI=1S/C19H26ClFN4O3/c1-14(19(27)22-17-3-2-15(21)12-16(17)20)24-4-6-25(7-5-24)18(26)13-23-8-10-28-11-9-23/h2-3,12,14H,4-11,13H2,1H3,(H,22,27). The second kappa shape index (κ2) is 9.65. The topological polar surface area (TPSA) is 65.1 Å². The van der Waals surface area contributed by atoms with Crippen LogP contribution in [-0.4, -0.2) is 91.6 Å². The number of ether oxygens (including phenoxy) is 1. The first kappa shape index (κ1) is 21.0. The molecule has 0 saturated carbocycles. The Morgan fingerprint density at radius 2 is 1.86 bits per heavy atom. The first-order valence-electron chi connectivity index (χ1n) is 9.52. The minimum absolute atomic E-state index is 0.122. The van der Waals surface area contributed by atoms with Crippen LogP contribution in [-0.2, 0) is 14.3 Å². The number of piperazine rings is 1. The van der Waals surface area contributed by atoms with Gasteiger partial charge in [0.05, 0.1) is 36.5 Å². The zero-order valence-corrected chi connectivity index (χ0v) is 16.8. The number of halogens is 2. The van der Waals surface area contributed by atoms with Gasteiger partial charge >= 0.3 is 0 Å². The van der Waals surface area contributed by atoms with Crippen molar-refractivity contribution in [2.45, 2.75) is 13.0 Å². The summed E-state index contributed by atoms with van der Waals surface area (Å²) in [6, 6.07) is 3.49. The number of hydrogen-bond acceptors (Lipinski definition) is 5. The van der Waals surface area contributed by atoms with Gasteiger partial charge in [0.25, 0.3) is 0 Å². The van der Waals surface area contributed by atoms with E-state index in [9.17, 15) is 14.0 Å². The van der Waals surface area contributed by atoms with Crippen molar-refractivity contribution >= 4 is 29.1 Å². The molecule has 1 aromatic rings. The Labute approximate surface area is 169 Å². The Kier molecular flexibility index (Phi) is 7.23. The number of nitrogens with zero attached hydrogens (tertiary/aromatic N) is 3. The third-order valence-electron chi connectivity index (χ3n) is 5.25. The lowest BCUT2D eigenvalue weighted by molar-refractivity contribution is -0.135. The molecule has 0 aromatic heterocycles. The summed E-state index contributed by atoms with van der Waals surface area (Å²) in [7, 11) is 0. The number of morpholine rings is 1. The molecule has 2 heterocycles. The number of carbonyl (C=O) groups is 2. The predicted molar refractivity (Wildman–Crippen MR) is 105 cm³/mol. The molecule has 7 nitrogen and oxygen atoms in total. The van der Waals surface area contributed by atoms with Gasteiger partial charge in [0, 0.05) is 39.3 Å². The van der Waals surface area contributed by atoms with E-state index in [-0.39, 0.29) is 22.9 Å². The molecule has 0 radical (unpaired) electrons. The summed E-state index contributed by atoms with van der Waals surface area (Å²) in [4.78, 5) is 31.0. The third kappa shape index (κ3) is 5.41. The van der Waals surface area contributed by atoms with Gasteiger partial charge in [-0.1, -0.05) is 11.6 Å². The van der Waals surface area contributed by atoms with Gasteiger partial charge in [-0.2, -0.15) is 0 Å². The van der Waals surface area contributed by atoms with Crippen molar-refractivity contribution < 1.29 is 18.7 Å². The van der Waals surface area contributed by atoms with Crippen molar-refractivity contribution in [3.05, 3.63) is 29.0 Å². The fraction of sp³-hybridized carbons (Fsp3) is 0.579. The summed E-state index contributed by atoms with van der Waals surface area (Å²) in [5.74, 6) is -0.535. The summed E-state index contributed by atoms with van der Waals surface area (Å²) in [6.45, 7) is 7.60. The molecular formula is C19H26ClFN4O3. The first-order valence-corrected chi connectivity index (χ1v) is 9.89. The molecule has 2 aliphatic heterocycles. The first-order chi connectivity index (χ1) is 13.4. The fourth-order valence-electron chi connectivity index (χ4n) is 3.40. The summed E-state index contributed by atoms with van der Waals surface area (Å²) >= 11 is 5.97. The number of hydrogen-bond donors (Lipinski definition) is 1. The maximum Gasteiger partial charge on any atom is 0.241 e. The Morgan fingerprint density at radius 3 is 2.50 bits per heavy atom. The highest BCUT2D eigenvalue weighted by molar-refractivity contribution is 6.33. The van der Waals surface area contributed by atoms with E-state index in [0.29, 0.717) is 51.6 Å². The number of amides is 2. The summed E-state index contributed by atoms with van der Waals surface area (Å²) in [5.41, 5.74) is 0.388. The number of rotatable bonds is 5. The van der Waals surface area contributed by atoms with Crippen LogP contribution < -0.4 is 5.32 Å². The molecule has 1 atom stereocenters. The highest BCUT2D eigenvalue weighted by Gasteiger charge is 2.28. The van der Waals surface area contributed by atoms with Crippen molar-refractivity contribution in [1.29, 1.82) is 0 Å². The predicted octanol–water partition coefficient (Wildman–Crippen LogP) is 1.28. The molecule has 154 valence electrons.